The van der Waals surface area contributed by atoms with Crippen molar-refractivity contribution < 1.29 is 9.53 Å². The number of nitrogens with zero attached hydrogens (tertiary/aromatic N) is 1. The first-order chi connectivity index (χ1) is 9.78. The third-order valence-corrected chi connectivity index (χ3v) is 6.85. The maximum absolute atomic E-state index is 13.0. The molecule has 3 atom stereocenters. The van der Waals surface area contributed by atoms with Crippen molar-refractivity contribution in [3.63, 3.8) is 0 Å². The van der Waals surface area contributed by atoms with Crippen molar-refractivity contribution in [3.8, 4) is 0 Å². The summed E-state index contributed by atoms with van der Waals surface area (Å²) in [5.74, 6) is 0.182. The minimum atomic E-state index is -0.808. The van der Waals surface area contributed by atoms with E-state index in [9.17, 15) is 4.79 Å². The zero-order valence-electron chi connectivity index (χ0n) is 12.6. The average Bonchev–Trinajstić information content (AvgIpc) is 3.05. The summed E-state index contributed by atoms with van der Waals surface area (Å²) in [6.45, 7) is 5.41. The highest BCUT2D eigenvalue weighted by atomic mass is 79.9. The quantitative estimate of drug-likeness (QED) is 0.886. The fourth-order valence-electron chi connectivity index (χ4n) is 3.88. The average molecular weight is 373 g/mol. The van der Waals surface area contributed by atoms with E-state index in [1.165, 1.54) is 0 Å². The lowest BCUT2D eigenvalue weighted by atomic mass is 9.47. The highest BCUT2D eigenvalue weighted by Gasteiger charge is 2.71. The number of carbonyl (C=O) groups is 1. The van der Waals surface area contributed by atoms with Crippen LogP contribution in [0.25, 0.3) is 0 Å². The number of hydrogen-bond donors (Lipinski definition) is 1. The lowest BCUT2D eigenvalue weighted by molar-refractivity contribution is -0.183. The Morgan fingerprint density at radius 3 is 2.95 bits per heavy atom. The van der Waals surface area contributed by atoms with Crippen molar-refractivity contribution in [3.05, 3.63) is 20.8 Å². The van der Waals surface area contributed by atoms with E-state index < -0.39 is 5.54 Å². The SMILES string of the molecule is CN(Cc1cc(Br)cs1)C(=O)C1(N)C2CCOC2C1(C)C. The first-order valence-corrected chi connectivity index (χ1v) is 8.84. The smallest absolute Gasteiger partial charge is 0.243 e. The van der Waals surface area contributed by atoms with E-state index in [2.05, 4.69) is 15.9 Å². The monoisotopic (exact) mass is 372 g/mol. The molecule has 1 aromatic rings. The van der Waals surface area contributed by atoms with Gasteiger partial charge < -0.3 is 15.4 Å². The molecular weight excluding hydrogens is 352 g/mol. The largest absolute Gasteiger partial charge is 0.377 e. The molecule has 2 fully saturated rings. The summed E-state index contributed by atoms with van der Waals surface area (Å²) in [5.41, 5.74) is 5.47. The number of hydrogen-bond acceptors (Lipinski definition) is 4. The van der Waals surface area contributed by atoms with Crippen molar-refractivity contribution in [1.82, 2.24) is 4.90 Å². The second-order valence-corrected chi connectivity index (χ2v) is 8.58. The van der Waals surface area contributed by atoms with Crippen LogP contribution in [0.15, 0.2) is 15.9 Å². The van der Waals surface area contributed by atoms with E-state index in [4.69, 9.17) is 10.5 Å². The second-order valence-electron chi connectivity index (χ2n) is 6.67. The van der Waals surface area contributed by atoms with Gasteiger partial charge in [-0.15, -0.1) is 11.3 Å². The molecule has 0 spiro atoms. The maximum atomic E-state index is 13.0. The molecule has 0 aromatic carbocycles. The van der Waals surface area contributed by atoms with Crippen molar-refractivity contribution in [2.75, 3.05) is 13.7 Å². The van der Waals surface area contributed by atoms with Crippen LogP contribution in [0.3, 0.4) is 0 Å². The molecule has 1 aliphatic heterocycles. The third-order valence-electron chi connectivity index (χ3n) is 5.17. The normalized spacial score (nSPS) is 33.4. The van der Waals surface area contributed by atoms with Crippen LogP contribution < -0.4 is 5.73 Å². The number of halogens is 1. The van der Waals surface area contributed by atoms with Gasteiger partial charge in [0.1, 0.15) is 5.54 Å². The van der Waals surface area contributed by atoms with Crippen LogP contribution in [-0.4, -0.2) is 36.1 Å². The van der Waals surface area contributed by atoms with Gasteiger partial charge in [0.05, 0.1) is 12.6 Å². The summed E-state index contributed by atoms with van der Waals surface area (Å²) in [6, 6.07) is 2.05. The molecule has 6 heteroatoms. The molecule has 4 nitrogen and oxygen atoms in total. The number of carbonyl (C=O) groups excluding carboxylic acids is 1. The van der Waals surface area contributed by atoms with Crippen LogP contribution >= 0.6 is 27.3 Å². The molecule has 1 saturated heterocycles. The van der Waals surface area contributed by atoms with E-state index in [1.54, 1.807) is 16.2 Å². The Labute approximate surface area is 137 Å². The van der Waals surface area contributed by atoms with Crippen molar-refractivity contribution in [2.45, 2.75) is 38.5 Å². The predicted octanol–water partition coefficient (Wildman–Crippen LogP) is 2.61. The van der Waals surface area contributed by atoms with Gasteiger partial charge in [-0.25, -0.2) is 0 Å². The van der Waals surface area contributed by atoms with E-state index in [0.29, 0.717) is 13.2 Å². The molecule has 0 radical (unpaired) electrons. The first-order valence-electron chi connectivity index (χ1n) is 7.17. The number of ether oxygens (including phenoxy) is 1. The number of fused-ring (bicyclic) bond motifs is 1. The van der Waals surface area contributed by atoms with Gasteiger partial charge in [0.25, 0.3) is 0 Å². The van der Waals surface area contributed by atoms with Crippen LogP contribution in [0, 0.1) is 11.3 Å². The highest BCUT2D eigenvalue weighted by Crippen LogP contribution is 2.58. The zero-order chi connectivity index (χ0) is 15.4. The van der Waals surface area contributed by atoms with Gasteiger partial charge in [0, 0.05) is 39.7 Å². The number of rotatable bonds is 3. The van der Waals surface area contributed by atoms with Crippen molar-refractivity contribution in [1.29, 1.82) is 0 Å². The molecule has 2 aliphatic rings. The maximum Gasteiger partial charge on any atom is 0.243 e. The summed E-state index contributed by atoms with van der Waals surface area (Å²) in [7, 11) is 1.84. The first kappa shape index (κ1) is 15.5. The zero-order valence-corrected chi connectivity index (χ0v) is 15.0. The molecule has 3 unspecified atom stereocenters. The molecular formula is C15H21BrN2O2S. The molecule has 3 rings (SSSR count). The summed E-state index contributed by atoms with van der Waals surface area (Å²) >= 11 is 5.09. The lowest BCUT2D eigenvalue weighted by Crippen LogP contribution is -2.80. The Morgan fingerprint density at radius 2 is 2.33 bits per heavy atom. The van der Waals surface area contributed by atoms with Gasteiger partial charge in [0.15, 0.2) is 0 Å². The number of nitrogens with two attached hydrogens (primary N) is 1. The number of likely N-dealkylation sites (N-methyl/N-ethyl adjacent to an activating group) is 1. The molecule has 2 N–H and O–H groups in total. The van der Waals surface area contributed by atoms with Gasteiger partial charge in [-0.3, -0.25) is 4.79 Å². The fraction of sp³-hybridized carbons (Fsp3) is 0.667. The van der Waals surface area contributed by atoms with Gasteiger partial charge in [0.2, 0.25) is 5.91 Å². The van der Waals surface area contributed by atoms with Gasteiger partial charge in [-0.1, -0.05) is 13.8 Å². The molecule has 1 aromatic heterocycles. The second kappa shape index (κ2) is 5.05. The fourth-order valence-corrected chi connectivity index (χ4v) is 5.38. The molecule has 2 heterocycles. The van der Waals surface area contributed by atoms with Gasteiger partial charge in [-0.05, 0) is 28.4 Å². The van der Waals surface area contributed by atoms with Crippen LogP contribution in [0.4, 0.5) is 0 Å². The molecule has 0 bridgehead atoms. The Hall–Kier alpha value is -0.430. The Morgan fingerprint density at radius 1 is 1.62 bits per heavy atom. The van der Waals surface area contributed by atoms with Gasteiger partial charge in [-0.2, -0.15) is 0 Å². The minimum Gasteiger partial charge on any atom is -0.377 e. The Kier molecular flexibility index (Phi) is 3.72. The van der Waals surface area contributed by atoms with E-state index >= 15 is 0 Å². The van der Waals surface area contributed by atoms with Crippen molar-refractivity contribution in [2.24, 2.45) is 17.1 Å². The standard InChI is InChI=1S/C15H21BrN2O2S/c1-14(2)12-11(4-5-20-12)15(14,17)13(19)18(3)7-10-6-9(16)8-21-10/h6,8,11-12H,4-5,7,17H2,1-3H3. The van der Waals surface area contributed by atoms with Crippen molar-refractivity contribution >= 4 is 33.2 Å². The summed E-state index contributed by atoms with van der Waals surface area (Å²) in [5, 5.41) is 2.03. The number of amides is 1. The topological polar surface area (TPSA) is 55.6 Å². The van der Waals surface area contributed by atoms with E-state index in [1.807, 2.05) is 32.3 Å². The molecule has 1 amide bonds. The van der Waals surface area contributed by atoms with Gasteiger partial charge >= 0.3 is 0 Å². The van der Waals surface area contributed by atoms with Crippen LogP contribution in [0.1, 0.15) is 25.1 Å². The molecule has 1 saturated carbocycles. The highest BCUT2D eigenvalue weighted by molar-refractivity contribution is 9.10. The molecule has 116 valence electrons. The Bertz CT molecular complexity index is 574. The minimum absolute atomic E-state index is 0.0313. The summed E-state index contributed by atoms with van der Waals surface area (Å²) < 4.78 is 6.81. The molecule has 21 heavy (non-hydrogen) atoms. The van der Waals surface area contributed by atoms with Crippen LogP contribution in [0.5, 0.6) is 0 Å². The van der Waals surface area contributed by atoms with Crippen LogP contribution in [0.2, 0.25) is 0 Å². The lowest BCUT2D eigenvalue weighted by Gasteiger charge is -2.61. The Balaban J connectivity index is 1.77. The summed E-state index contributed by atoms with van der Waals surface area (Å²) in [6.07, 6.45) is 1.00. The van der Waals surface area contributed by atoms with Crippen LogP contribution in [-0.2, 0) is 16.1 Å². The number of thiophene rings is 1. The summed E-state index contributed by atoms with van der Waals surface area (Å²) in [4.78, 5) is 15.9. The van der Waals surface area contributed by atoms with E-state index in [0.717, 1.165) is 15.8 Å². The predicted molar refractivity (Wildman–Crippen MR) is 87.0 cm³/mol. The van der Waals surface area contributed by atoms with E-state index in [-0.39, 0.29) is 23.3 Å². The third kappa shape index (κ3) is 2.11. The molecule has 1 aliphatic carbocycles.